The average molecular weight is 487 g/mol. The lowest BCUT2D eigenvalue weighted by Crippen LogP contribution is -2.45. The van der Waals surface area contributed by atoms with E-state index in [4.69, 9.17) is 44.3 Å². The lowest BCUT2D eigenvalue weighted by Gasteiger charge is -2.28. The second kappa shape index (κ2) is 10.5. The van der Waals surface area contributed by atoms with Crippen LogP contribution in [0.15, 0.2) is 24.3 Å². The molecule has 0 saturated carbocycles. The molecule has 1 aromatic heterocycles. The van der Waals surface area contributed by atoms with Gasteiger partial charge >= 0.3 is 5.97 Å². The fourth-order valence-corrected chi connectivity index (χ4v) is 3.89. The van der Waals surface area contributed by atoms with E-state index in [9.17, 15) is 9.59 Å². The first kappa shape index (κ1) is 23.6. The molecule has 1 atom stereocenters. The molecular weight excluding hydrogens is 465 g/mol. The van der Waals surface area contributed by atoms with Crippen LogP contribution in [0.1, 0.15) is 23.7 Å². The van der Waals surface area contributed by atoms with Crippen LogP contribution >= 0.6 is 34.8 Å². The molecule has 7 nitrogen and oxygen atoms in total. The maximum Gasteiger partial charge on any atom is 0.331 e. The number of aromatic nitrogens is 2. The maximum atomic E-state index is 12.4. The van der Waals surface area contributed by atoms with Crippen molar-refractivity contribution < 1.29 is 19.1 Å². The van der Waals surface area contributed by atoms with Crippen molar-refractivity contribution in [2.45, 2.75) is 26.5 Å². The lowest BCUT2D eigenvalue weighted by atomic mass is 10.2. The Morgan fingerprint density at radius 1 is 1.26 bits per heavy atom. The molecule has 1 aliphatic heterocycles. The molecule has 1 aromatic carbocycles. The summed E-state index contributed by atoms with van der Waals surface area (Å²) in [6.45, 7) is 5.62. The number of carbonyl (C=O) groups is 2. The predicted molar refractivity (Wildman–Crippen MR) is 120 cm³/mol. The Labute approximate surface area is 195 Å². The molecule has 0 aliphatic carbocycles. The Balaban J connectivity index is 1.65. The number of hydrogen-bond acceptors (Lipinski definition) is 5. The summed E-state index contributed by atoms with van der Waals surface area (Å²) in [4.78, 5) is 26.2. The summed E-state index contributed by atoms with van der Waals surface area (Å²) in [6.07, 6.45) is 1.87. The molecule has 2 aromatic rings. The zero-order valence-electron chi connectivity index (χ0n) is 17.1. The van der Waals surface area contributed by atoms with Crippen molar-refractivity contribution in [3.05, 3.63) is 56.3 Å². The number of morpholine rings is 1. The minimum absolute atomic E-state index is 0.244. The van der Waals surface area contributed by atoms with Gasteiger partial charge in [-0.05, 0) is 37.6 Å². The van der Waals surface area contributed by atoms with Gasteiger partial charge in [0.1, 0.15) is 5.15 Å². The van der Waals surface area contributed by atoms with Gasteiger partial charge in [0.05, 0.1) is 25.5 Å². The number of nitrogens with zero attached hydrogens (tertiary/aromatic N) is 3. The van der Waals surface area contributed by atoms with Crippen molar-refractivity contribution in [2.24, 2.45) is 0 Å². The van der Waals surface area contributed by atoms with E-state index in [-0.39, 0.29) is 5.91 Å². The molecule has 1 aliphatic rings. The first-order valence-electron chi connectivity index (χ1n) is 9.68. The van der Waals surface area contributed by atoms with Crippen LogP contribution in [-0.4, -0.2) is 59.0 Å². The highest BCUT2D eigenvalue weighted by Crippen LogP contribution is 2.26. The summed E-state index contributed by atoms with van der Waals surface area (Å²) < 4.78 is 12.0. The number of benzene rings is 1. The van der Waals surface area contributed by atoms with Crippen LogP contribution in [0.5, 0.6) is 0 Å². The summed E-state index contributed by atoms with van der Waals surface area (Å²) in [5.74, 6) is -0.884. The minimum Gasteiger partial charge on any atom is -0.449 e. The maximum absolute atomic E-state index is 12.4. The van der Waals surface area contributed by atoms with Crippen LogP contribution < -0.4 is 0 Å². The normalized spacial score (nSPS) is 15.3. The van der Waals surface area contributed by atoms with Gasteiger partial charge in [-0.1, -0.05) is 40.9 Å². The van der Waals surface area contributed by atoms with Gasteiger partial charge in [-0.25, -0.2) is 9.48 Å². The molecule has 0 spiro atoms. The average Bonchev–Trinajstić information content (AvgIpc) is 3.01. The molecule has 1 saturated heterocycles. The Hall–Kier alpha value is -2.06. The summed E-state index contributed by atoms with van der Waals surface area (Å²) in [5, 5.41) is 5.82. The second-order valence-electron chi connectivity index (χ2n) is 7.03. The van der Waals surface area contributed by atoms with Crippen molar-refractivity contribution in [3.8, 4) is 0 Å². The van der Waals surface area contributed by atoms with E-state index in [2.05, 4.69) is 5.10 Å². The van der Waals surface area contributed by atoms with E-state index >= 15 is 0 Å². The smallest absolute Gasteiger partial charge is 0.331 e. The molecule has 3 rings (SSSR count). The van der Waals surface area contributed by atoms with Gasteiger partial charge in [0.2, 0.25) is 0 Å². The minimum atomic E-state index is -0.887. The molecular formula is C21H22Cl3N3O4. The topological polar surface area (TPSA) is 73.7 Å². The molecule has 31 heavy (non-hydrogen) atoms. The van der Waals surface area contributed by atoms with Crippen LogP contribution in [-0.2, 0) is 25.6 Å². The number of hydrogen-bond donors (Lipinski definition) is 0. The van der Waals surface area contributed by atoms with Gasteiger partial charge in [0.25, 0.3) is 5.91 Å². The number of carbonyl (C=O) groups excluding carboxylic acids is 2. The predicted octanol–water partition coefficient (Wildman–Crippen LogP) is 4.00. The van der Waals surface area contributed by atoms with Gasteiger partial charge in [0.15, 0.2) is 6.10 Å². The Morgan fingerprint density at radius 2 is 1.97 bits per heavy atom. The Kier molecular flexibility index (Phi) is 8.00. The summed E-state index contributed by atoms with van der Waals surface area (Å²) in [5.41, 5.74) is 2.02. The van der Waals surface area contributed by atoms with Crippen LogP contribution in [0.3, 0.4) is 0 Å². The first-order chi connectivity index (χ1) is 14.8. The molecule has 0 N–H and O–H groups in total. The van der Waals surface area contributed by atoms with E-state index in [1.807, 2.05) is 0 Å². The molecule has 0 radical (unpaired) electrons. The largest absolute Gasteiger partial charge is 0.449 e. The van der Waals surface area contributed by atoms with Crippen LogP contribution in [0.4, 0.5) is 0 Å². The zero-order chi connectivity index (χ0) is 22.5. The van der Waals surface area contributed by atoms with Crippen LogP contribution in [0.2, 0.25) is 15.2 Å². The summed E-state index contributed by atoms with van der Waals surface area (Å²) in [6, 6.07) is 5.19. The van der Waals surface area contributed by atoms with Crippen molar-refractivity contribution in [2.75, 3.05) is 26.3 Å². The highest BCUT2D eigenvalue weighted by atomic mass is 35.5. The third kappa shape index (κ3) is 6.01. The zero-order valence-corrected chi connectivity index (χ0v) is 19.4. The molecule has 1 amide bonds. The number of esters is 1. The molecule has 1 unspecified atom stereocenters. The van der Waals surface area contributed by atoms with Crippen LogP contribution in [0.25, 0.3) is 6.08 Å². The van der Waals surface area contributed by atoms with E-state index in [0.717, 1.165) is 5.56 Å². The summed E-state index contributed by atoms with van der Waals surface area (Å²) >= 11 is 18.6. The fraction of sp³-hybridized carbons (Fsp3) is 0.381. The van der Waals surface area contributed by atoms with E-state index < -0.39 is 12.1 Å². The van der Waals surface area contributed by atoms with E-state index in [1.54, 1.807) is 41.6 Å². The molecule has 166 valence electrons. The highest BCUT2D eigenvalue weighted by Gasteiger charge is 2.24. The van der Waals surface area contributed by atoms with Gasteiger partial charge in [-0.2, -0.15) is 5.10 Å². The van der Waals surface area contributed by atoms with Gasteiger partial charge < -0.3 is 14.4 Å². The van der Waals surface area contributed by atoms with Crippen molar-refractivity contribution >= 4 is 52.8 Å². The number of amides is 1. The fourth-order valence-electron chi connectivity index (χ4n) is 3.13. The van der Waals surface area contributed by atoms with Crippen LogP contribution in [0, 0.1) is 6.92 Å². The highest BCUT2D eigenvalue weighted by molar-refractivity contribution is 6.35. The van der Waals surface area contributed by atoms with Gasteiger partial charge in [0, 0.05) is 34.8 Å². The second-order valence-corrected chi connectivity index (χ2v) is 8.24. The van der Waals surface area contributed by atoms with Crippen molar-refractivity contribution in [3.63, 3.8) is 0 Å². The molecule has 10 heteroatoms. The van der Waals surface area contributed by atoms with Gasteiger partial charge in [-0.15, -0.1) is 0 Å². The standard InChI is InChI=1S/C21H22Cl3N3O4/c1-13-17(20(24)27(25-13)12-15-3-4-16(22)11-18(15)23)5-6-19(28)31-14(2)21(29)26-7-9-30-10-8-26/h3-6,11,14H,7-10,12H2,1-2H3/b6-5+. The van der Waals surface area contributed by atoms with Crippen molar-refractivity contribution in [1.82, 2.24) is 14.7 Å². The van der Waals surface area contributed by atoms with E-state index in [1.165, 1.54) is 12.2 Å². The first-order valence-corrected chi connectivity index (χ1v) is 10.8. The quantitative estimate of drug-likeness (QED) is 0.456. The monoisotopic (exact) mass is 485 g/mol. The lowest BCUT2D eigenvalue weighted by molar-refractivity contribution is -0.157. The number of aryl methyl sites for hydroxylation is 1. The molecule has 1 fully saturated rings. The Morgan fingerprint density at radius 3 is 2.65 bits per heavy atom. The van der Waals surface area contributed by atoms with Gasteiger partial charge in [-0.3, -0.25) is 4.79 Å². The SMILES string of the molecule is Cc1nn(Cc2ccc(Cl)cc2Cl)c(Cl)c1/C=C/C(=O)OC(C)C(=O)N1CCOCC1. The van der Waals surface area contributed by atoms with Crippen molar-refractivity contribution in [1.29, 1.82) is 0 Å². The number of rotatable bonds is 6. The third-order valence-corrected chi connectivity index (χ3v) is 5.78. The molecule has 2 heterocycles. The van der Waals surface area contributed by atoms with E-state index in [0.29, 0.717) is 59.3 Å². The Bertz CT molecular complexity index is 1000. The third-order valence-electron chi connectivity index (χ3n) is 4.79. The number of halogens is 3. The number of ether oxygens (including phenoxy) is 2. The molecule has 0 bridgehead atoms. The summed E-state index contributed by atoms with van der Waals surface area (Å²) in [7, 11) is 0.